The lowest BCUT2D eigenvalue weighted by molar-refractivity contribution is 0.271. The van der Waals surface area contributed by atoms with Crippen LogP contribution in [-0.2, 0) is 10.0 Å². The molecule has 1 aliphatic heterocycles. The molecule has 0 amide bonds. The lowest BCUT2D eigenvalue weighted by Crippen LogP contribution is -2.45. The minimum atomic E-state index is -3.45. The molecule has 7 heteroatoms. The van der Waals surface area contributed by atoms with Gasteiger partial charge in [-0.3, -0.25) is 0 Å². The maximum atomic E-state index is 12.3. The highest BCUT2D eigenvalue weighted by molar-refractivity contribution is 7.89. The number of hydrogen-bond acceptors (Lipinski definition) is 4. The zero-order valence-electron chi connectivity index (χ0n) is 13.0. The standard InChI is InChI=1S/C15H24N2O3S.ClH/c1-12(2)11-20-14-5-7-15(8-6-14)21(18,19)17-13-4-3-9-16-10-13;/h5-8,12-13,16-17H,3-4,9-11H2,1-2H3;1H. The molecule has 0 bridgehead atoms. The number of benzene rings is 1. The van der Waals surface area contributed by atoms with E-state index in [2.05, 4.69) is 23.9 Å². The molecule has 0 spiro atoms. The second-order valence-corrected chi connectivity index (χ2v) is 7.55. The summed E-state index contributed by atoms with van der Waals surface area (Å²) in [7, 11) is -3.45. The maximum absolute atomic E-state index is 12.3. The quantitative estimate of drug-likeness (QED) is 0.826. The summed E-state index contributed by atoms with van der Waals surface area (Å²) in [5.41, 5.74) is 0. The SMILES string of the molecule is CC(C)COc1ccc(S(=O)(=O)NC2CCCNC2)cc1.Cl. The van der Waals surface area contributed by atoms with Gasteiger partial charge in [0.25, 0.3) is 0 Å². The van der Waals surface area contributed by atoms with Crippen molar-refractivity contribution in [2.45, 2.75) is 37.6 Å². The molecule has 2 N–H and O–H groups in total. The van der Waals surface area contributed by atoms with Crippen LogP contribution in [0.15, 0.2) is 29.2 Å². The molecule has 1 saturated heterocycles. The fourth-order valence-electron chi connectivity index (χ4n) is 2.22. The largest absolute Gasteiger partial charge is 0.493 e. The van der Waals surface area contributed by atoms with Crippen molar-refractivity contribution in [2.24, 2.45) is 5.92 Å². The summed E-state index contributed by atoms with van der Waals surface area (Å²) in [5.74, 6) is 1.14. The Hall–Kier alpha value is -0.820. The van der Waals surface area contributed by atoms with Gasteiger partial charge in [-0.15, -0.1) is 12.4 Å². The Morgan fingerprint density at radius 2 is 2.00 bits per heavy atom. The number of halogens is 1. The number of hydrogen-bond donors (Lipinski definition) is 2. The second-order valence-electron chi connectivity index (χ2n) is 5.84. The Bertz CT molecular complexity index is 540. The molecule has 0 aromatic heterocycles. The van der Waals surface area contributed by atoms with E-state index >= 15 is 0 Å². The Kier molecular flexibility index (Phi) is 7.62. The van der Waals surface area contributed by atoms with E-state index in [0.717, 1.165) is 19.4 Å². The van der Waals surface area contributed by atoms with Gasteiger partial charge in [0.15, 0.2) is 0 Å². The predicted octanol–water partition coefficient (Wildman–Crippen LogP) is 2.17. The van der Waals surface area contributed by atoms with Crippen molar-refractivity contribution in [1.82, 2.24) is 10.0 Å². The molecular weight excluding hydrogens is 324 g/mol. The van der Waals surface area contributed by atoms with E-state index in [1.807, 2.05) is 0 Å². The van der Waals surface area contributed by atoms with Crippen LogP contribution >= 0.6 is 12.4 Å². The summed E-state index contributed by atoms with van der Waals surface area (Å²) < 4.78 is 32.9. The summed E-state index contributed by atoms with van der Waals surface area (Å²) in [4.78, 5) is 0.282. The predicted molar refractivity (Wildman–Crippen MR) is 90.2 cm³/mol. The van der Waals surface area contributed by atoms with Gasteiger partial charge >= 0.3 is 0 Å². The average Bonchev–Trinajstić information content (AvgIpc) is 2.46. The first-order valence-corrected chi connectivity index (χ1v) is 8.91. The molecule has 2 rings (SSSR count). The van der Waals surface area contributed by atoms with Crippen molar-refractivity contribution in [3.05, 3.63) is 24.3 Å². The van der Waals surface area contributed by atoms with Crippen molar-refractivity contribution < 1.29 is 13.2 Å². The van der Waals surface area contributed by atoms with Gasteiger partial charge in [-0.05, 0) is 49.6 Å². The van der Waals surface area contributed by atoms with Gasteiger partial charge < -0.3 is 10.1 Å². The van der Waals surface area contributed by atoms with E-state index < -0.39 is 10.0 Å². The van der Waals surface area contributed by atoms with E-state index in [4.69, 9.17) is 4.74 Å². The van der Waals surface area contributed by atoms with E-state index in [0.29, 0.717) is 24.8 Å². The van der Waals surface area contributed by atoms with Gasteiger partial charge in [-0.2, -0.15) is 0 Å². The molecule has 0 aliphatic carbocycles. The third-order valence-corrected chi connectivity index (χ3v) is 4.87. The maximum Gasteiger partial charge on any atom is 0.240 e. The summed E-state index contributed by atoms with van der Waals surface area (Å²) in [6.45, 7) is 6.41. The van der Waals surface area contributed by atoms with E-state index in [-0.39, 0.29) is 23.3 Å². The summed E-state index contributed by atoms with van der Waals surface area (Å²) >= 11 is 0. The minimum absolute atomic E-state index is 0. The van der Waals surface area contributed by atoms with Crippen LogP contribution in [0.5, 0.6) is 5.75 Å². The fourth-order valence-corrected chi connectivity index (χ4v) is 3.49. The van der Waals surface area contributed by atoms with E-state index in [9.17, 15) is 8.42 Å². The Balaban J connectivity index is 0.00000242. The van der Waals surface area contributed by atoms with Crippen molar-refractivity contribution >= 4 is 22.4 Å². The van der Waals surface area contributed by atoms with Crippen molar-refractivity contribution in [2.75, 3.05) is 19.7 Å². The lowest BCUT2D eigenvalue weighted by atomic mass is 10.1. The van der Waals surface area contributed by atoms with Gasteiger partial charge in [0, 0.05) is 12.6 Å². The average molecular weight is 349 g/mol. The smallest absolute Gasteiger partial charge is 0.240 e. The van der Waals surface area contributed by atoms with Crippen LogP contribution < -0.4 is 14.8 Å². The molecule has 22 heavy (non-hydrogen) atoms. The third kappa shape index (κ3) is 5.76. The van der Waals surface area contributed by atoms with Crippen LogP contribution in [0.25, 0.3) is 0 Å². The lowest BCUT2D eigenvalue weighted by Gasteiger charge is -2.23. The van der Waals surface area contributed by atoms with Crippen LogP contribution in [0.4, 0.5) is 0 Å². The van der Waals surface area contributed by atoms with Crippen LogP contribution in [-0.4, -0.2) is 34.2 Å². The van der Waals surface area contributed by atoms with E-state index in [1.165, 1.54) is 0 Å². The molecule has 1 atom stereocenters. The molecular formula is C15H25ClN2O3S. The number of ether oxygens (including phenoxy) is 1. The molecule has 0 saturated carbocycles. The highest BCUT2D eigenvalue weighted by Crippen LogP contribution is 2.17. The highest BCUT2D eigenvalue weighted by atomic mass is 35.5. The Morgan fingerprint density at radius 1 is 1.32 bits per heavy atom. The zero-order chi connectivity index (χ0) is 15.3. The fraction of sp³-hybridized carbons (Fsp3) is 0.600. The van der Waals surface area contributed by atoms with Gasteiger partial charge in [-0.1, -0.05) is 13.8 Å². The van der Waals surface area contributed by atoms with Crippen molar-refractivity contribution in [3.8, 4) is 5.75 Å². The van der Waals surface area contributed by atoms with Crippen LogP contribution in [0, 0.1) is 5.92 Å². The second kappa shape index (κ2) is 8.72. The molecule has 1 fully saturated rings. The van der Waals surface area contributed by atoms with E-state index in [1.54, 1.807) is 24.3 Å². The molecule has 126 valence electrons. The normalized spacial score (nSPS) is 18.8. The van der Waals surface area contributed by atoms with Gasteiger partial charge in [-0.25, -0.2) is 13.1 Å². The van der Waals surface area contributed by atoms with Gasteiger partial charge in [0.2, 0.25) is 10.0 Å². The molecule has 0 radical (unpaired) electrons. The molecule has 1 aliphatic rings. The molecule has 1 aromatic rings. The first-order valence-electron chi connectivity index (χ1n) is 7.43. The highest BCUT2D eigenvalue weighted by Gasteiger charge is 2.21. The summed E-state index contributed by atoms with van der Waals surface area (Å²) in [5, 5.41) is 3.20. The minimum Gasteiger partial charge on any atom is -0.493 e. The summed E-state index contributed by atoms with van der Waals surface area (Å²) in [6.07, 6.45) is 1.87. The molecule has 5 nitrogen and oxygen atoms in total. The number of rotatable bonds is 6. The zero-order valence-corrected chi connectivity index (χ0v) is 14.7. The van der Waals surface area contributed by atoms with Crippen LogP contribution in [0.3, 0.4) is 0 Å². The van der Waals surface area contributed by atoms with Crippen LogP contribution in [0.1, 0.15) is 26.7 Å². The number of nitrogens with one attached hydrogen (secondary N) is 2. The Labute approximate surface area is 139 Å². The number of sulfonamides is 1. The van der Waals surface area contributed by atoms with Crippen molar-refractivity contribution in [3.63, 3.8) is 0 Å². The first-order chi connectivity index (χ1) is 9.97. The Morgan fingerprint density at radius 3 is 2.55 bits per heavy atom. The van der Waals surface area contributed by atoms with Crippen LogP contribution in [0.2, 0.25) is 0 Å². The topological polar surface area (TPSA) is 67.4 Å². The summed E-state index contributed by atoms with van der Waals surface area (Å²) in [6, 6.07) is 6.56. The molecule has 1 unspecified atom stereocenters. The van der Waals surface area contributed by atoms with Gasteiger partial charge in [0.1, 0.15) is 5.75 Å². The van der Waals surface area contributed by atoms with Crippen molar-refractivity contribution in [1.29, 1.82) is 0 Å². The third-order valence-electron chi connectivity index (χ3n) is 3.34. The number of piperidine rings is 1. The van der Waals surface area contributed by atoms with Gasteiger partial charge in [0.05, 0.1) is 11.5 Å². The molecule has 1 heterocycles. The molecule has 1 aromatic carbocycles. The first kappa shape index (κ1) is 19.2. The monoisotopic (exact) mass is 348 g/mol.